The number of carbonyl (C=O) groups excluding carboxylic acids is 8. The predicted octanol–water partition coefficient (Wildman–Crippen LogP) is 7.71. The van der Waals surface area contributed by atoms with Crippen molar-refractivity contribution < 1.29 is 145 Å². The lowest BCUT2D eigenvalue weighted by Crippen LogP contribution is -2.65. The smallest absolute Gasteiger partial charge is 0.411 e. The average Bonchev–Trinajstić information content (AvgIpc) is 1.31. The first-order valence-electron chi connectivity index (χ1n) is 42.5. The molecule has 7 unspecified atom stereocenters. The summed E-state index contributed by atoms with van der Waals surface area (Å²) >= 11 is 2.77. The second kappa shape index (κ2) is 49.7. The van der Waals surface area contributed by atoms with E-state index >= 15 is 0 Å². The number of allylic oxidation sites excluding steroid dienone is 3. The molecule has 10 N–H and O–H groups in total. The van der Waals surface area contributed by atoms with Gasteiger partial charge in [0.25, 0.3) is 0 Å². The molecule has 4 aliphatic heterocycles. The maximum absolute atomic E-state index is 14.7. The molecule has 24 atom stereocenters. The van der Waals surface area contributed by atoms with Crippen molar-refractivity contribution >= 4 is 118 Å². The van der Waals surface area contributed by atoms with Crippen LogP contribution in [0.2, 0.25) is 0 Å². The fourth-order valence-electron chi connectivity index (χ4n) is 16.3. The van der Waals surface area contributed by atoms with E-state index in [-0.39, 0.29) is 122 Å². The third kappa shape index (κ3) is 27.1. The Kier molecular flexibility index (Phi) is 40.0. The number of nitrogens with zero attached hydrogens (tertiary/aromatic N) is 1. The number of hydrogen-bond donors (Lipinski definition) is 10. The number of nitrogens with one attached hydrogen (secondary N) is 5. The van der Waals surface area contributed by atoms with Gasteiger partial charge in [0, 0.05) is 87.9 Å². The summed E-state index contributed by atoms with van der Waals surface area (Å²) in [7, 11) is 10.9. The molecule has 5 amide bonds. The highest BCUT2D eigenvalue weighted by Gasteiger charge is 2.54. The minimum Gasteiger partial charge on any atom is -0.492 e. The molecule has 2 bridgehead atoms. The van der Waals surface area contributed by atoms with Crippen LogP contribution in [-0.4, -0.2) is 292 Å². The average molecular weight is 1990 g/mol. The first kappa shape index (κ1) is 104. The van der Waals surface area contributed by atoms with Crippen LogP contribution in [0.4, 0.5) is 24.9 Å². The van der Waals surface area contributed by atoms with Crippen LogP contribution >= 0.6 is 65.8 Å². The summed E-state index contributed by atoms with van der Waals surface area (Å²) in [6, 6.07) is 3.54. The van der Waals surface area contributed by atoms with Crippen molar-refractivity contribution in [3.05, 3.63) is 79.6 Å². The van der Waals surface area contributed by atoms with E-state index < -0.39 is 175 Å². The molecule has 1 saturated carbocycles. The quantitative estimate of drug-likeness (QED) is 0.00764. The number of hydrogen-bond acceptors (Lipinski definition) is 35. The van der Waals surface area contributed by atoms with Crippen molar-refractivity contribution in [2.45, 2.75) is 235 Å². The van der Waals surface area contributed by atoms with Crippen LogP contribution in [-0.2, 0) is 87.4 Å². The molecule has 41 heteroatoms. The standard InChI is InChI=1S/C88H117IN6O30S4/c1-15-95(87(107)118-42-51-27-29-52(30-28-51)91-80(102)46(4)38-58(96)68(45(2)3)92-86(106)115-36-35-114-34-33-90-84(104)117-43-55-53-24-20-16-17-21-25-54(53)55)57-44-116-63(40-62(57)109-9)123-77-72(100)69(48(6)120-83(77)122-61-26-22-18-19-23-32-88(108)41-60(98)70(93-85(105)113-13)66(61)56(88)31-37-127-129-126-14)94-125-64-39-59(97)79(50(8)119-64)128-81(103)65-47(5)67(89)75(78(112-12)74(65)110-10)124-82-73(101)76(111-11)71(99)49(7)121-82/h18-19,27-31,45-46,48-50,53-55,57,59,61-64,68-69,71-73,76-77,79,82-83,94,97,99-101,108H,15,20-21,24-25,33-44H2,1-14H3,(H,90,104)(H,91,102)(H,92,106)(H,93,105)/b19-18-,56-31+/t46-,48?,49?,50?,53-,54+,55?,57+,59?,61+,62-,63+,64+,68+,69-,71+,72+,73?,76+,77?,79-,82+,83+,88-/m1/s1. The second-order valence-corrected chi connectivity index (χ2v) is 38.7. The number of methoxy groups -OCH3 is 5. The third-order valence-electron chi connectivity index (χ3n) is 23.3. The Labute approximate surface area is 779 Å². The van der Waals surface area contributed by atoms with Gasteiger partial charge in [-0.1, -0.05) is 96.0 Å². The van der Waals surface area contributed by atoms with Crippen LogP contribution in [0.15, 0.2) is 59.3 Å². The van der Waals surface area contributed by atoms with Crippen molar-refractivity contribution in [2.24, 2.45) is 29.6 Å². The molecule has 4 aliphatic carbocycles. The Balaban J connectivity index is 0.767. The molecular formula is C88H117IN6O30S4. The van der Waals surface area contributed by atoms with Gasteiger partial charge in [0.1, 0.15) is 49.8 Å². The van der Waals surface area contributed by atoms with Crippen molar-refractivity contribution in [1.29, 1.82) is 0 Å². The normalized spacial score (nSPS) is 30.3. The Morgan fingerprint density at radius 1 is 0.775 bits per heavy atom. The van der Waals surface area contributed by atoms with Crippen LogP contribution in [0.5, 0.6) is 17.2 Å². The first-order valence-corrected chi connectivity index (χ1v) is 48.5. The monoisotopic (exact) mass is 1990 g/mol. The summed E-state index contributed by atoms with van der Waals surface area (Å²) in [6.45, 7) is 13.7. The van der Waals surface area contributed by atoms with Crippen LogP contribution in [0, 0.1) is 75.6 Å². The van der Waals surface area contributed by atoms with Gasteiger partial charge in [-0.05, 0) is 145 Å². The van der Waals surface area contributed by atoms with Crippen LogP contribution in [0.25, 0.3) is 0 Å². The molecule has 710 valence electrons. The van der Waals surface area contributed by atoms with Gasteiger partial charge in [-0.3, -0.25) is 29.3 Å². The number of aliphatic hydroxyl groups is 5. The second-order valence-electron chi connectivity index (χ2n) is 32.1. The van der Waals surface area contributed by atoms with E-state index in [4.69, 9.17) is 80.6 Å². The van der Waals surface area contributed by atoms with Crippen molar-refractivity contribution in [3.63, 3.8) is 0 Å². The molecule has 5 fully saturated rings. The highest BCUT2D eigenvalue weighted by molar-refractivity contribution is 14.1. The van der Waals surface area contributed by atoms with E-state index in [2.05, 4.69) is 62.3 Å². The van der Waals surface area contributed by atoms with Gasteiger partial charge >= 0.3 is 24.4 Å². The third-order valence-corrected chi connectivity index (χ3v) is 29.7. The van der Waals surface area contributed by atoms with E-state index in [0.29, 0.717) is 44.7 Å². The number of anilines is 1. The van der Waals surface area contributed by atoms with Gasteiger partial charge in [0.15, 0.2) is 47.5 Å². The Hall–Kier alpha value is -7.21. The number of hydroxylamine groups is 1. The van der Waals surface area contributed by atoms with Crippen LogP contribution < -0.4 is 41.0 Å². The van der Waals surface area contributed by atoms with Gasteiger partial charge in [0.05, 0.1) is 123 Å². The van der Waals surface area contributed by atoms with Crippen molar-refractivity contribution in [3.8, 4) is 52.8 Å². The van der Waals surface area contributed by atoms with Crippen molar-refractivity contribution in [2.75, 3.05) is 99.0 Å². The number of ketones is 2. The summed E-state index contributed by atoms with van der Waals surface area (Å²) in [6.07, 6.45) is -13.0. The number of alkyl carbamates (subject to hydrolysis) is 3. The predicted molar refractivity (Wildman–Crippen MR) is 482 cm³/mol. The number of aliphatic hydroxyl groups excluding tert-OH is 4. The lowest BCUT2D eigenvalue weighted by molar-refractivity contribution is -0.337. The zero-order valence-corrected chi connectivity index (χ0v) is 79.7. The van der Waals surface area contributed by atoms with Gasteiger partial charge in [-0.15, -0.1) is 11.8 Å². The zero-order valence-electron chi connectivity index (χ0n) is 74.3. The number of thioether (sulfide) groups is 1. The number of benzene rings is 2. The molecule has 36 nitrogen and oxygen atoms in total. The van der Waals surface area contributed by atoms with Crippen LogP contribution in [0.3, 0.4) is 0 Å². The number of likely N-dealkylation sites (N-methyl/N-ethyl adjacent to an activating group) is 1. The number of rotatable bonds is 39. The number of halogens is 1. The van der Waals surface area contributed by atoms with E-state index in [1.165, 1.54) is 76.9 Å². The molecule has 2 aromatic rings. The fourth-order valence-corrected chi connectivity index (χ4v) is 20.5. The Bertz CT molecular complexity index is 4510. The van der Waals surface area contributed by atoms with Gasteiger partial charge < -0.3 is 122 Å². The summed E-state index contributed by atoms with van der Waals surface area (Å²) in [5.41, 5.74) is 1.81. The number of ether oxygens (including phenoxy) is 16. The first-order chi connectivity index (χ1) is 61.8. The minimum atomic E-state index is -2.15. The molecule has 0 spiro atoms. The molecule has 8 aliphatic rings. The zero-order chi connectivity index (χ0) is 93.5. The Morgan fingerprint density at radius 3 is 2.16 bits per heavy atom. The summed E-state index contributed by atoms with van der Waals surface area (Å²) in [5, 5.41) is 68.3. The highest BCUT2D eigenvalue weighted by atomic mass is 127. The lowest BCUT2D eigenvalue weighted by Gasteiger charge is -2.47. The fraction of sp³-hybridized carbons (Fsp3) is 0.636. The topological polar surface area (TPSA) is 458 Å². The highest BCUT2D eigenvalue weighted by Crippen LogP contribution is 2.53. The van der Waals surface area contributed by atoms with Gasteiger partial charge in [-0.25, -0.2) is 19.2 Å². The molecule has 129 heavy (non-hydrogen) atoms. The number of carbonyl (C=O) groups is 8. The van der Waals surface area contributed by atoms with Crippen molar-refractivity contribution in [1.82, 2.24) is 26.3 Å². The van der Waals surface area contributed by atoms with E-state index in [1.807, 2.05) is 28.8 Å². The molecule has 0 aromatic heterocycles. The number of amides is 5. The maximum atomic E-state index is 14.7. The Morgan fingerprint density at radius 2 is 1.49 bits per heavy atom. The van der Waals surface area contributed by atoms with E-state index in [9.17, 15) is 63.9 Å². The SMILES string of the molecule is CCN(C(=O)OCc1ccc(NC(=O)[C@H](C)CC(=O)[C@@H](NC(=O)OCCOCCNC(=O)OCC2[C@H]3CCC#CCC[C@@H]23)C(C)C)cc1)[C@H]1CO[C@@H](OC2[C@H](O[C@H]3C#C/C=C\C#C[C@@]4(O)CC(=O)C(NC(=O)OC)=C3/C4=C\CSSSC)OC(C)[C@@H](NO[C@H]3CC(O)[C@H](SC(=O)c4c(C)c(I)c(O[C@@H]5OC(C)[C@H](O)[C@H](OC)C5O)c(OC)c4OC)C(C)O3)[C@@H]2O)C[C@H]1OC. The molecule has 4 saturated heterocycles. The number of Topliss-reactive ketones (excluding diaryl/α,β-unsaturated/α-hetero) is 2. The molecular weight excluding hydrogens is 1880 g/mol. The largest absolute Gasteiger partial charge is 0.492 e. The summed E-state index contributed by atoms with van der Waals surface area (Å²) in [5.74, 6) is 16.9. The number of fused-ring (bicyclic) bond motifs is 3. The molecule has 0 radical (unpaired) electrons. The maximum Gasteiger partial charge on any atom is 0.411 e. The van der Waals surface area contributed by atoms with E-state index in [1.54, 1.807) is 85.7 Å². The minimum absolute atomic E-state index is 0.00335. The van der Waals surface area contributed by atoms with E-state index in [0.717, 1.165) is 44.6 Å². The molecule has 2 aromatic carbocycles. The van der Waals surface area contributed by atoms with Gasteiger partial charge in [-0.2, -0.15) is 5.48 Å². The van der Waals surface area contributed by atoms with Gasteiger partial charge in [0.2, 0.25) is 23.1 Å². The molecule has 4 heterocycles. The van der Waals surface area contributed by atoms with Crippen LogP contribution in [0.1, 0.15) is 121 Å². The summed E-state index contributed by atoms with van der Waals surface area (Å²) in [4.78, 5) is 116. The summed E-state index contributed by atoms with van der Waals surface area (Å²) < 4.78 is 95.7. The molecule has 10 rings (SSSR count). The lowest BCUT2D eigenvalue weighted by atomic mass is 9.75.